The van der Waals surface area contributed by atoms with Gasteiger partial charge >= 0.3 is 0 Å². The highest BCUT2D eigenvalue weighted by Gasteiger charge is 2.42. The quantitative estimate of drug-likeness (QED) is 0.577. The van der Waals surface area contributed by atoms with E-state index < -0.39 is 5.41 Å². The Morgan fingerprint density at radius 2 is 1.92 bits per heavy atom. The van der Waals surface area contributed by atoms with Gasteiger partial charge in [0.1, 0.15) is 6.61 Å². The standard InChI is InChI=1S/C20H24ClNO2/c1-3-15(2)6-11-19(22)24-14-18(23)20(12-4-5-13-20)16-7-9-17(21)10-8-16/h3,6-11H,1,4-5,12-14,22H2,2H3/b15-6-,19-11+. The van der Waals surface area contributed by atoms with Crippen molar-refractivity contribution in [1.29, 1.82) is 0 Å². The molecule has 1 fully saturated rings. The molecule has 3 nitrogen and oxygen atoms in total. The second-order valence-corrected chi connectivity index (χ2v) is 6.63. The van der Waals surface area contributed by atoms with Gasteiger partial charge in [0.05, 0.1) is 5.41 Å². The molecule has 1 aliphatic carbocycles. The molecular formula is C20H24ClNO2. The highest BCUT2D eigenvalue weighted by atomic mass is 35.5. The highest BCUT2D eigenvalue weighted by Crippen LogP contribution is 2.42. The van der Waals surface area contributed by atoms with Crippen molar-refractivity contribution in [1.82, 2.24) is 0 Å². The molecule has 0 unspecified atom stereocenters. The number of nitrogens with two attached hydrogens (primary N) is 1. The summed E-state index contributed by atoms with van der Waals surface area (Å²) in [5.74, 6) is 0.303. The van der Waals surface area contributed by atoms with Crippen molar-refractivity contribution in [2.24, 2.45) is 5.73 Å². The monoisotopic (exact) mass is 345 g/mol. The van der Waals surface area contributed by atoms with Crippen LogP contribution in [0.5, 0.6) is 0 Å². The molecule has 0 aromatic heterocycles. The molecule has 0 amide bonds. The molecule has 0 saturated heterocycles. The van der Waals surface area contributed by atoms with Gasteiger partial charge in [0.15, 0.2) is 11.7 Å². The number of hydrogen-bond acceptors (Lipinski definition) is 3. The first-order valence-corrected chi connectivity index (χ1v) is 8.54. The van der Waals surface area contributed by atoms with Crippen molar-refractivity contribution < 1.29 is 9.53 Å². The summed E-state index contributed by atoms with van der Waals surface area (Å²) >= 11 is 5.97. The summed E-state index contributed by atoms with van der Waals surface area (Å²) in [5.41, 5.74) is 7.33. The van der Waals surface area contributed by atoms with Crippen LogP contribution in [0.3, 0.4) is 0 Å². The molecule has 2 N–H and O–H groups in total. The summed E-state index contributed by atoms with van der Waals surface area (Å²) < 4.78 is 5.47. The Morgan fingerprint density at radius 1 is 1.29 bits per heavy atom. The number of Topliss-reactive ketones (excluding diaryl/α,β-unsaturated/α-hetero) is 1. The average molecular weight is 346 g/mol. The number of hydrogen-bond donors (Lipinski definition) is 1. The van der Waals surface area contributed by atoms with Crippen LogP contribution in [0.2, 0.25) is 5.02 Å². The van der Waals surface area contributed by atoms with Crippen molar-refractivity contribution in [3.05, 3.63) is 71.1 Å². The number of ether oxygens (including phenoxy) is 1. The molecule has 1 aliphatic rings. The Balaban J connectivity index is 2.10. The highest BCUT2D eigenvalue weighted by molar-refractivity contribution is 6.30. The first kappa shape index (κ1) is 18.3. The minimum absolute atomic E-state index is 0.0219. The van der Waals surface area contributed by atoms with Crippen molar-refractivity contribution in [2.75, 3.05) is 6.61 Å². The minimum Gasteiger partial charge on any atom is -0.471 e. The molecule has 1 aromatic rings. The van der Waals surface area contributed by atoms with Gasteiger partial charge in [0.2, 0.25) is 0 Å². The lowest BCUT2D eigenvalue weighted by molar-refractivity contribution is -0.128. The van der Waals surface area contributed by atoms with E-state index in [1.165, 1.54) is 0 Å². The number of halogens is 1. The van der Waals surface area contributed by atoms with Gasteiger partial charge in [-0.2, -0.15) is 0 Å². The second kappa shape index (κ2) is 8.20. The van der Waals surface area contributed by atoms with Crippen LogP contribution in [0.15, 0.2) is 60.5 Å². The van der Waals surface area contributed by atoms with Crippen LogP contribution in [0.25, 0.3) is 0 Å². The maximum absolute atomic E-state index is 12.9. The van der Waals surface area contributed by atoms with E-state index in [0.717, 1.165) is 36.8 Å². The smallest absolute Gasteiger partial charge is 0.184 e. The van der Waals surface area contributed by atoms with E-state index in [2.05, 4.69) is 6.58 Å². The number of benzene rings is 1. The molecule has 0 radical (unpaired) electrons. The van der Waals surface area contributed by atoms with Crippen LogP contribution in [-0.2, 0) is 14.9 Å². The predicted octanol–water partition coefficient (Wildman–Crippen LogP) is 4.67. The molecule has 0 spiro atoms. The van der Waals surface area contributed by atoms with Crippen molar-refractivity contribution in [2.45, 2.75) is 38.0 Å². The van der Waals surface area contributed by atoms with Gasteiger partial charge in [-0.05, 0) is 43.5 Å². The third-order valence-corrected chi connectivity index (χ3v) is 4.84. The number of carbonyl (C=O) groups excluding carboxylic acids is 1. The van der Waals surface area contributed by atoms with Gasteiger partial charge in [-0.1, -0.05) is 60.9 Å². The lowest BCUT2D eigenvalue weighted by Crippen LogP contribution is -2.36. The first-order chi connectivity index (χ1) is 11.5. The Kier molecular flexibility index (Phi) is 6.27. The summed E-state index contributed by atoms with van der Waals surface area (Å²) in [6.45, 7) is 5.56. The lowest BCUT2D eigenvalue weighted by Gasteiger charge is -2.28. The molecule has 1 aromatic carbocycles. The molecule has 24 heavy (non-hydrogen) atoms. The molecule has 0 atom stereocenters. The maximum atomic E-state index is 12.9. The van der Waals surface area contributed by atoms with E-state index >= 15 is 0 Å². The maximum Gasteiger partial charge on any atom is 0.184 e. The normalized spacial score (nSPS) is 17.6. The fourth-order valence-corrected chi connectivity index (χ4v) is 3.22. The van der Waals surface area contributed by atoms with E-state index in [-0.39, 0.29) is 18.3 Å². The van der Waals surface area contributed by atoms with Crippen LogP contribution < -0.4 is 5.73 Å². The van der Waals surface area contributed by atoms with Gasteiger partial charge in [-0.25, -0.2) is 0 Å². The summed E-state index contributed by atoms with van der Waals surface area (Å²) in [6.07, 6.45) is 8.95. The predicted molar refractivity (Wildman–Crippen MR) is 98.8 cm³/mol. The summed E-state index contributed by atoms with van der Waals surface area (Å²) in [6, 6.07) is 7.56. The third-order valence-electron chi connectivity index (χ3n) is 4.59. The van der Waals surface area contributed by atoms with E-state index in [1.54, 1.807) is 18.2 Å². The Morgan fingerprint density at radius 3 is 2.50 bits per heavy atom. The minimum atomic E-state index is -0.474. The zero-order valence-electron chi connectivity index (χ0n) is 14.1. The second-order valence-electron chi connectivity index (χ2n) is 6.19. The van der Waals surface area contributed by atoms with Gasteiger partial charge in [0, 0.05) is 5.02 Å². The number of allylic oxidation sites excluding steroid dienone is 4. The summed E-state index contributed by atoms with van der Waals surface area (Å²) in [7, 11) is 0. The van der Waals surface area contributed by atoms with Crippen LogP contribution in [0.4, 0.5) is 0 Å². The number of carbonyl (C=O) groups is 1. The summed E-state index contributed by atoms with van der Waals surface area (Å²) in [5, 5.41) is 0.673. The fourth-order valence-electron chi connectivity index (χ4n) is 3.09. The Bertz CT molecular complexity index is 653. The molecule has 0 aliphatic heterocycles. The van der Waals surface area contributed by atoms with Crippen LogP contribution >= 0.6 is 11.6 Å². The first-order valence-electron chi connectivity index (χ1n) is 8.16. The number of rotatable bonds is 7. The zero-order chi connectivity index (χ0) is 17.6. The largest absolute Gasteiger partial charge is 0.471 e. The van der Waals surface area contributed by atoms with E-state index in [0.29, 0.717) is 5.02 Å². The van der Waals surface area contributed by atoms with Crippen LogP contribution in [-0.4, -0.2) is 12.4 Å². The molecule has 0 bridgehead atoms. The Labute approximate surface area is 148 Å². The average Bonchev–Trinajstić information content (AvgIpc) is 3.09. The van der Waals surface area contributed by atoms with Crippen molar-refractivity contribution >= 4 is 17.4 Å². The molecule has 1 saturated carbocycles. The van der Waals surface area contributed by atoms with Gasteiger partial charge in [0.25, 0.3) is 0 Å². The SMILES string of the molecule is C=C/C(C)=C\C=C(/N)OCC(=O)C1(c2ccc(Cl)cc2)CCCC1. The van der Waals surface area contributed by atoms with E-state index in [1.807, 2.05) is 31.2 Å². The molecule has 128 valence electrons. The van der Waals surface area contributed by atoms with Gasteiger partial charge in [-0.15, -0.1) is 0 Å². The molecule has 0 heterocycles. The van der Waals surface area contributed by atoms with Crippen LogP contribution in [0, 0.1) is 0 Å². The van der Waals surface area contributed by atoms with E-state index in [4.69, 9.17) is 22.1 Å². The summed E-state index contributed by atoms with van der Waals surface area (Å²) in [4.78, 5) is 12.9. The molecule has 2 rings (SSSR count). The third kappa shape index (κ3) is 4.30. The van der Waals surface area contributed by atoms with Crippen LogP contribution in [0.1, 0.15) is 38.2 Å². The van der Waals surface area contributed by atoms with Crippen molar-refractivity contribution in [3.8, 4) is 0 Å². The molecule has 4 heteroatoms. The Hall–Kier alpha value is -2.00. The number of ketones is 1. The topological polar surface area (TPSA) is 52.3 Å². The zero-order valence-corrected chi connectivity index (χ0v) is 14.8. The molecular weight excluding hydrogens is 322 g/mol. The fraction of sp³-hybridized carbons (Fsp3) is 0.350. The van der Waals surface area contributed by atoms with Gasteiger partial charge < -0.3 is 10.5 Å². The van der Waals surface area contributed by atoms with Crippen molar-refractivity contribution in [3.63, 3.8) is 0 Å². The van der Waals surface area contributed by atoms with Gasteiger partial charge in [-0.3, -0.25) is 4.79 Å². The van der Waals surface area contributed by atoms with E-state index in [9.17, 15) is 4.79 Å². The lowest BCUT2D eigenvalue weighted by atomic mass is 9.75.